The van der Waals surface area contributed by atoms with Crippen LogP contribution >= 0.6 is 0 Å². The summed E-state index contributed by atoms with van der Waals surface area (Å²) in [5.41, 5.74) is 0. The van der Waals surface area contributed by atoms with E-state index in [1.165, 1.54) is 51.4 Å². The predicted octanol–water partition coefficient (Wildman–Crippen LogP) is 4.00. The van der Waals surface area contributed by atoms with Gasteiger partial charge in [0.15, 0.2) is 23.6 Å². The van der Waals surface area contributed by atoms with E-state index in [0.717, 1.165) is 19.3 Å². The summed E-state index contributed by atoms with van der Waals surface area (Å²) < 4.78 is 5.29. The van der Waals surface area contributed by atoms with Crippen LogP contribution in [0.25, 0.3) is 0 Å². The molecule has 1 aliphatic heterocycles. The van der Waals surface area contributed by atoms with Crippen LogP contribution in [0, 0.1) is 17.8 Å². The molecule has 2 saturated carbocycles. The number of ketones is 2. The molecule has 0 amide bonds. The highest BCUT2D eigenvalue weighted by Gasteiger charge is 2.47. The van der Waals surface area contributed by atoms with E-state index in [1.807, 2.05) is 0 Å². The van der Waals surface area contributed by atoms with E-state index < -0.39 is 18.0 Å². The Kier molecular flexibility index (Phi) is 6.07. The monoisotopic (exact) mass is 334 g/mol. The van der Waals surface area contributed by atoms with Gasteiger partial charge in [0.1, 0.15) is 0 Å². The van der Waals surface area contributed by atoms with E-state index >= 15 is 0 Å². The molecule has 2 unspecified atom stereocenters. The largest absolute Gasteiger partial charge is 0.453 e. The summed E-state index contributed by atoms with van der Waals surface area (Å²) in [6.45, 7) is 0. The van der Waals surface area contributed by atoms with E-state index in [1.54, 1.807) is 0 Å². The van der Waals surface area contributed by atoms with Gasteiger partial charge in [0.2, 0.25) is 0 Å². The van der Waals surface area contributed by atoms with Gasteiger partial charge >= 0.3 is 5.97 Å². The van der Waals surface area contributed by atoms with Gasteiger partial charge in [0.25, 0.3) is 0 Å². The van der Waals surface area contributed by atoms with Crippen molar-refractivity contribution in [2.24, 2.45) is 17.8 Å². The summed E-state index contributed by atoms with van der Waals surface area (Å²) >= 11 is 0. The molecule has 4 heteroatoms. The average Bonchev–Trinajstić information content (AvgIpc) is 2.88. The summed E-state index contributed by atoms with van der Waals surface area (Å²) in [5, 5.41) is 0. The van der Waals surface area contributed by atoms with Gasteiger partial charge in [-0.2, -0.15) is 0 Å². The van der Waals surface area contributed by atoms with E-state index in [2.05, 4.69) is 0 Å². The molecule has 0 spiro atoms. The number of ether oxygens (including phenoxy) is 1. The van der Waals surface area contributed by atoms with Gasteiger partial charge in [-0.1, -0.05) is 64.2 Å². The first kappa shape index (κ1) is 17.6. The number of carbonyl (C=O) groups is 3. The van der Waals surface area contributed by atoms with Crippen molar-refractivity contribution in [2.75, 3.05) is 0 Å². The topological polar surface area (TPSA) is 60.4 Å². The molecule has 1 heterocycles. The van der Waals surface area contributed by atoms with Crippen molar-refractivity contribution in [3.05, 3.63) is 0 Å². The Morgan fingerprint density at radius 2 is 1.46 bits per heavy atom. The van der Waals surface area contributed by atoms with Gasteiger partial charge in [-0.15, -0.1) is 0 Å². The molecule has 3 fully saturated rings. The van der Waals surface area contributed by atoms with Crippen LogP contribution in [-0.2, 0) is 19.1 Å². The van der Waals surface area contributed by atoms with Crippen LogP contribution in [-0.4, -0.2) is 23.6 Å². The lowest BCUT2D eigenvalue weighted by Crippen LogP contribution is -2.29. The first-order valence-corrected chi connectivity index (χ1v) is 9.92. The lowest BCUT2D eigenvalue weighted by molar-refractivity contribution is -0.147. The van der Waals surface area contributed by atoms with Crippen LogP contribution in [0.4, 0.5) is 0 Å². The van der Waals surface area contributed by atoms with Crippen LogP contribution in [0.2, 0.25) is 0 Å². The molecule has 0 aromatic heterocycles. The van der Waals surface area contributed by atoms with Crippen LogP contribution in [0.3, 0.4) is 0 Å². The molecular weight excluding hydrogens is 304 g/mol. The molecule has 4 nitrogen and oxygen atoms in total. The normalized spacial score (nSPS) is 29.7. The van der Waals surface area contributed by atoms with Crippen molar-refractivity contribution in [1.82, 2.24) is 0 Å². The second kappa shape index (κ2) is 8.26. The summed E-state index contributed by atoms with van der Waals surface area (Å²) in [4.78, 5) is 37.0. The smallest absolute Gasteiger partial charge is 0.325 e. The first-order chi connectivity index (χ1) is 11.6. The molecule has 0 radical (unpaired) electrons. The highest BCUT2D eigenvalue weighted by Crippen LogP contribution is 2.33. The Bertz CT molecular complexity index is 472. The van der Waals surface area contributed by atoms with Gasteiger partial charge < -0.3 is 4.74 Å². The third-order valence-electron chi connectivity index (χ3n) is 6.21. The van der Waals surface area contributed by atoms with Gasteiger partial charge in [-0.05, 0) is 24.7 Å². The fraction of sp³-hybridized carbons (Fsp3) is 0.850. The molecule has 24 heavy (non-hydrogen) atoms. The van der Waals surface area contributed by atoms with E-state index in [0.29, 0.717) is 24.7 Å². The number of cyclic esters (lactones) is 1. The van der Waals surface area contributed by atoms with Crippen molar-refractivity contribution in [3.63, 3.8) is 0 Å². The average molecular weight is 334 g/mol. The van der Waals surface area contributed by atoms with Crippen LogP contribution in [0.15, 0.2) is 0 Å². The second-order valence-electron chi connectivity index (χ2n) is 8.01. The number of hydrogen-bond acceptors (Lipinski definition) is 4. The van der Waals surface area contributed by atoms with Gasteiger partial charge in [-0.3, -0.25) is 14.4 Å². The van der Waals surface area contributed by atoms with Crippen LogP contribution in [0.5, 0.6) is 0 Å². The van der Waals surface area contributed by atoms with Gasteiger partial charge in [0, 0.05) is 6.42 Å². The molecule has 134 valence electrons. The fourth-order valence-corrected chi connectivity index (χ4v) is 4.71. The zero-order valence-corrected chi connectivity index (χ0v) is 14.6. The highest BCUT2D eigenvalue weighted by atomic mass is 16.6. The van der Waals surface area contributed by atoms with Crippen LogP contribution in [0.1, 0.15) is 83.5 Å². The molecular formula is C20H30O4. The Labute approximate surface area is 144 Å². The summed E-state index contributed by atoms with van der Waals surface area (Å²) in [5.74, 6) is -1.12. The zero-order chi connectivity index (χ0) is 16.9. The Balaban J connectivity index is 1.50. The van der Waals surface area contributed by atoms with Crippen molar-refractivity contribution in [2.45, 2.75) is 89.6 Å². The van der Waals surface area contributed by atoms with Crippen molar-refractivity contribution >= 4 is 17.5 Å². The maximum Gasteiger partial charge on any atom is 0.325 e. The molecule has 0 aromatic carbocycles. The second-order valence-corrected chi connectivity index (χ2v) is 8.01. The Hall–Kier alpha value is -1.19. The van der Waals surface area contributed by atoms with Crippen molar-refractivity contribution in [3.8, 4) is 0 Å². The minimum atomic E-state index is -1.12. The van der Waals surface area contributed by atoms with E-state index in [4.69, 9.17) is 4.74 Å². The molecule has 3 rings (SSSR count). The maximum atomic E-state index is 12.5. The van der Waals surface area contributed by atoms with E-state index in [9.17, 15) is 14.4 Å². The van der Waals surface area contributed by atoms with Gasteiger partial charge in [0.05, 0.1) is 0 Å². The number of hydrogen-bond donors (Lipinski definition) is 0. The fourth-order valence-electron chi connectivity index (χ4n) is 4.71. The van der Waals surface area contributed by atoms with Crippen molar-refractivity contribution < 1.29 is 19.1 Å². The summed E-state index contributed by atoms with van der Waals surface area (Å²) in [6, 6.07) is 0. The first-order valence-electron chi connectivity index (χ1n) is 9.92. The molecule has 0 bridgehead atoms. The summed E-state index contributed by atoms with van der Waals surface area (Å²) in [6.07, 6.45) is 13.2. The number of Topliss-reactive ketones (excluding diaryl/α,β-unsaturated/α-hetero) is 2. The lowest BCUT2D eigenvalue weighted by Gasteiger charge is -2.23. The molecule has 0 N–H and O–H groups in total. The number of rotatable bonds is 6. The Morgan fingerprint density at radius 3 is 2.08 bits per heavy atom. The van der Waals surface area contributed by atoms with Crippen molar-refractivity contribution in [1.29, 1.82) is 0 Å². The molecule has 1 saturated heterocycles. The quantitative estimate of drug-likeness (QED) is 0.544. The molecule has 3 aliphatic rings. The third kappa shape index (κ3) is 4.25. The lowest BCUT2D eigenvalue weighted by atomic mass is 9.82. The zero-order valence-electron chi connectivity index (χ0n) is 14.6. The van der Waals surface area contributed by atoms with Gasteiger partial charge in [-0.25, -0.2) is 0 Å². The number of esters is 1. The minimum Gasteiger partial charge on any atom is -0.453 e. The Morgan fingerprint density at radius 1 is 0.875 bits per heavy atom. The third-order valence-corrected chi connectivity index (χ3v) is 6.21. The molecule has 2 aliphatic carbocycles. The van der Waals surface area contributed by atoms with Crippen LogP contribution < -0.4 is 0 Å². The maximum absolute atomic E-state index is 12.5. The summed E-state index contributed by atoms with van der Waals surface area (Å²) in [7, 11) is 0. The SMILES string of the molecule is O=C(CCC1CCCCC1)C1C(=O)OC(CC2CCCCC2)C1=O. The van der Waals surface area contributed by atoms with E-state index in [-0.39, 0.29) is 11.6 Å². The minimum absolute atomic E-state index is 0.207. The predicted molar refractivity (Wildman–Crippen MR) is 90.4 cm³/mol. The standard InChI is InChI=1S/C20H30O4/c21-16(12-11-14-7-3-1-4-8-14)18-19(22)17(24-20(18)23)13-15-9-5-2-6-10-15/h14-15,17-18H,1-13H2. The molecule has 0 aromatic rings. The number of carbonyl (C=O) groups excluding carboxylic acids is 3. The molecule has 2 atom stereocenters. The highest BCUT2D eigenvalue weighted by molar-refractivity contribution is 6.21.